The average Bonchev–Trinajstić information content (AvgIpc) is 2.59. The molecule has 0 unspecified atom stereocenters. The zero-order valence-electron chi connectivity index (χ0n) is 15.7. The Morgan fingerprint density at radius 2 is 1.56 bits per heavy atom. The van der Waals surface area contributed by atoms with E-state index in [4.69, 9.17) is 0 Å². The number of sulfonamides is 1. The fourth-order valence-electron chi connectivity index (χ4n) is 2.92. The lowest BCUT2D eigenvalue weighted by Gasteiger charge is -2.34. The largest absolute Gasteiger partial charge is 0.340 e. The van der Waals surface area contributed by atoms with E-state index < -0.39 is 10.0 Å². The van der Waals surface area contributed by atoms with Gasteiger partial charge in [-0.3, -0.25) is 4.79 Å². The molecule has 0 aromatic heterocycles. The molecule has 0 aliphatic carbocycles. The highest BCUT2D eigenvalue weighted by molar-refractivity contribution is 7.89. The fourth-order valence-corrected chi connectivity index (χ4v) is 4.34. The van der Waals surface area contributed by atoms with Gasteiger partial charge in [0.1, 0.15) is 0 Å². The van der Waals surface area contributed by atoms with Crippen molar-refractivity contribution >= 4 is 15.9 Å². The molecule has 2 rings (SSSR count). The maximum atomic E-state index is 12.8. The summed E-state index contributed by atoms with van der Waals surface area (Å²) in [5.74, 6) is 1.00. The summed E-state index contributed by atoms with van der Waals surface area (Å²) in [5, 5.41) is 0. The third kappa shape index (κ3) is 5.05. The Morgan fingerprint density at radius 3 is 2.04 bits per heavy atom. The first kappa shape index (κ1) is 19.9. The van der Waals surface area contributed by atoms with Crippen LogP contribution in [0.5, 0.6) is 0 Å². The summed E-state index contributed by atoms with van der Waals surface area (Å²) in [6, 6.07) is 7.13. The lowest BCUT2D eigenvalue weighted by atomic mass is 10.0. The Hall–Kier alpha value is -1.40. The summed E-state index contributed by atoms with van der Waals surface area (Å²) < 4.78 is 27.1. The predicted octanol–water partition coefficient (Wildman–Crippen LogP) is 3.08. The summed E-state index contributed by atoms with van der Waals surface area (Å²) in [6.45, 7) is 10.0. The second-order valence-electron chi connectivity index (χ2n) is 7.44. The smallest absolute Gasteiger partial charge is 0.243 e. The molecule has 0 saturated carbocycles. The molecule has 1 aromatic rings. The third-order valence-corrected chi connectivity index (χ3v) is 6.62. The van der Waals surface area contributed by atoms with Crippen molar-refractivity contribution in [3.63, 3.8) is 0 Å². The van der Waals surface area contributed by atoms with Gasteiger partial charge in [-0.05, 0) is 36.0 Å². The number of benzene rings is 1. The molecule has 1 heterocycles. The van der Waals surface area contributed by atoms with Crippen LogP contribution < -0.4 is 0 Å². The minimum atomic E-state index is -3.48. The Labute approximate surface area is 152 Å². The van der Waals surface area contributed by atoms with Crippen LogP contribution in [-0.2, 0) is 14.8 Å². The number of hydrogen-bond acceptors (Lipinski definition) is 3. The molecule has 6 heteroatoms. The second kappa shape index (κ2) is 8.32. The van der Waals surface area contributed by atoms with Crippen LogP contribution in [0.4, 0.5) is 0 Å². The summed E-state index contributed by atoms with van der Waals surface area (Å²) in [5.41, 5.74) is 1.12. The van der Waals surface area contributed by atoms with Gasteiger partial charge in [0.15, 0.2) is 0 Å². The molecule has 1 aliphatic heterocycles. The number of carbonyl (C=O) groups is 1. The van der Waals surface area contributed by atoms with Gasteiger partial charge < -0.3 is 4.90 Å². The molecular weight excluding hydrogens is 336 g/mol. The molecule has 0 spiro atoms. The van der Waals surface area contributed by atoms with Crippen molar-refractivity contribution < 1.29 is 13.2 Å². The van der Waals surface area contributed by atoms with Crippen molar-refractivity contribution in [2.24, 2.45) is 5.92 Å². The number of hydrogen-bond donors (Lipinski definition) is 0. The van der Waals surface area contributed by atoms with Gasteiger partial charge in [-0.15, -0.1) is 0 Å². The van der Waals surface area contributed by atoms with Crippen molar-refractivity contribution in [1.29, 1.82) is 0 Å². The van der Waals surface area contributed by atoms with E-state index in [-0.39, 0.29) is 5.91 Å². The normalized spacial score (nSPS) is 16.6. The predicted molar refractivity (Wildman–Crippen MR) is 99.9 cm³/mol. The second-order valence-corrected chi connectivity index (χ2v) is 9.38. The first-order valence-electron chi connectivity index (χ1n) is 9.09. The highest BCUT2D eigenvalue weighted by Gasteiger charge is 2.29. The van der Waals surface area contributed by atoms with Crippen molar-refractivity contribution in [3.8, 4) is 0 Å². The first-order valence-corrected chi connectivity index (χ1v) is 10.5. The van der Waals surface area contributed by atoms with E-state index in [0.717, 1.165) is 12.0 Å². The topological polar surface area (TPSA) is 57.7 Å². The molecule has 0 atom stereocenters. The molecule has 140 valence electrons. The zero-order valence-corrected chi connectivity index (χ0v) is 16.6. The van der Waals surface area contributed by atoms with Crippen LogP contribution in [0.3, 0.4) is 0 Å². The van der Waals surface area contributed by atoms with Gasteiger partial charge in [0.25, 0.3) is 0 Å². The molecule has 1 aliphatic rings. The van der Waals surface area contributed by atoms with Gasteiger partial charge in [0.05, 0.1) is 4.90 Å². The maximum Gasteiger partial charge on any atom is 0.243 e. The Balaban J connectivity index is 1.98. The van der Waals surface area contributed by atoms with Crippen LogP contribution in [-0.4, -0.2) is 49.7 Å². The molecule has 0 radical (unpaired) electrons. The fraction of sp³-hybridized carbons (Fsp3) is 0.632. The molecule has 0 N–H and O–H groups in total. The summed E-state index contributed by atoms with van der Waals surface area (Å²) in [7, 11) is -3.48. The molecule has 1 aromatic carbocycles. The lowest BCUT2D eigenvalue weighted by molar-refractivity contribution is -0.132. The molecule has 5 nitrogen and oxygen atoms in total. The van der Waals surface area contributed by atoms with E-state index in [9.17, 15) is 13.2 Å². The van der Waals surface area contributed by atoms with Gasteiger partial charge >= 0.3 is 0 Å². The highest BCUT2D eigenvalue weighted by Crippen LogP contribution is 2.21. The number of nitrogens with zero attached hydrogens (tertiary/aromatic N) is 2. The zero-order chi connectivity index (χ0) is 18.6. The van der Waals surface area contributed by atoms with Crippen LogP contribution in [0.2, 0.25) is 0 Å². The summed E-state index contributed by atoms with van der Waals surface area (Å²) in [6.07, 6.45) is 1.42. The van der Waals surface area contributed by atoms with Gasteiger partial charge in [-0.25, -0.2) is 8.42 Å². The monoisotopic (exact) mass is 366 g/mol. The van der Waals surface area contributed by atoms with Gasteiger partial charge in [0.2, 0.25) is 15.9 Å². The SMILES string of the molecule is CC(C)CCC(=O)N1CCN(S(=O)(=O)c2ccc(C(C)C)cc2)CC1. The Bertz CT molecular complexity index is 673. The standard InChI is InChI=1S/C19H30N2O3S/c1-15(2)5-10-19(22)20-11-13-21(14-12-20)25(23,24)18-8-6-17(7-9-18)16(3)4/h6-9,15-16H,5,10-14H2,1-4H3. The molecular formula is C19H30N2O3S. The highest BCUT2D eigenvalue weighted by atomic mass is 32.2. The van der Waals surface area contributed by atoms with Gasteiger partial charge in [-0.1, -0.05) is 39.8 Å². The average molecular weight is 367 g/mol. The third-order valence-electron chi connectivity index (χ3n) is 4.71. The minimum absolute atomic E-state index is 0.132. The van der Waals surface area contributed by atoms with Crippen LogP contribution in [0.15, 0.2) is 29.2 Å². The molecule has 0 bridgehead atoms. The van der Waals surface area contributed by atoms with E-state index in [1.807, 2.05) is 12.1 Å². The minimum Gasteiger partial charge on any atom is -0.340 e. The lowest BCUT2D eigenvalue weighted by Crippen LogP contribution is -2.50. The number of rotatable bonds is 6. The van der Waals surface area contributed by atoms with E-state index in [1.165, 1.54) is 4.31 Å². The van der Waals surface area contributed by atoms with Crippen LogP contribution in [0.1, 0.15) is 52.0 Å². The molecule has 1 fully saturated rings. The summed E-state index contributed by atoms with van der Waals surface area (Å²) >= 11 is 0. The van der Waals surface area contributed by atoms with E-state index >= 15 is 0 Å². The number of piperazine rings is 1. The maximum absolute atomic E-state index is 12.8. The molecule has 25 heavy (non-hydrogen) atoms. The van der Waals surface area contributed by atoms with Crippen molar-refractivity contribution in [2.75, 3.05) is 26.2 Å². The van der Waals surface area contributed by atoms with E-state index in [2.05, 4.69) is 27.7 Å². The van der Waals surface area contributed by atoms with Crippen molar-refractivity contribution in [1.82, 2.24) is 9.21 Å². The van der Waals surface area contributed by atoms with E-state index in [1.54, 1.807) is 17.0 Å². The first-order chi connectivity index (χ1) is 11.7. The van der Waals surface area contributed by atoms with E-state index in [0.29, 0.717) is 49.3 Å². The van der Waals surface area contributed by atoms with Crippen LogP contribution >= 0.6 is 0 Å². The van der Waals surface area contributed by atoms with Gasteiger partial charge in [0, 0.05) is 32.6 Å². The van der Waals surface area contributed by atoms with Crippen molar-refractivity contribution in [2.45, 2.75) is 51.3 Å². The number of amides is 1. The molecule has 1 saturated heterocycles. The van der Waals surface area contributed by atoms with Crippen molar-refractivity contribution in [3.05, 3.63) is 29.8 Å². The summed E-state index contributed by atoms with van der Waals surface area (Å²) in [4.78, 5) is 14.3. The Morgan fingerprint density at radius 1 is 1.00 bits per heavy atom. The van der Waals surface area contributed by atoms with Crippen LogP contribution in [0.25, 0.3) is 0 Å². The van der Waals surface area contributed by atoms with Crippen LogP contribution in [0, 0.1) is 5.92 Å². The molecule has 1 amide bonds. The number of carbonyl (C=O) groups excluding carboxylic acids is 1. The Kier molecular flexibility index (Phi) is 6.63. The quantitative estimate of drug-likeness (QED) is 0.777. The van der Waals surface area contributed by atoms with Gasteiger partial charge in [-0.2, -0.15) is 4.31 Å².